The van der Waals surface area contributed by atoms with E-state index in [9.17, 15) is 14.7 Å². The van der Waals surface area contributed by atoms with Crippen molar-refractivity contribution in [1.29, 1.82) is 0 Å². The first kappa shape index (κ1) is 24.2. The van der Waals surface area contributed by atoms with Crippen LogP contribution in [0, 0.1) is 5.92 Å². The van der Waals surface area contributed by atoms with Crippen LogP contribution in [0.2, 0.25) is 0 Å². The number of hydrogen-bond acceptors (Lipinski definition) is 5. The average molecular weight is 456 g/mol. The number of likely N-dealkylation sites (tertiary alicyclic amines) is 1. The lowest BCUT2D eigenvalue weighted by Crippen LogP contribution is -2.33. The molecule has 0 radical (unpaired) electrons. The smallest absolute Gasteiger partial charge is 0.348 e. The maximum absolute atomic E-state index is 12.4. The maximum atomic E-state index is 12.4. The lowest BCUT2D eigenvalue weighted by molar-refractivity contribution is -0.128. The molecule has 0 bridgehead atoms. The number of carbonyl (C=O) groups excluding carboxylic acids is 2. The fourth-order valence-electron chi connectivity index (χ4n) is 4.03. The third kappa shape index (κ3) is 6.78. The molecule has 0 unspecified atom stereocenters. The van der Waals surface area contributed by atoms with Crippen molar-refractivity contribution in [3.8, 4) is 0 Å². The Labute approximate surface area is 194 Å². The third-order valence-corrected chi connectivity index (χ3v) is 7.21. The van der Waals surface area contributed by atoms with Crippen molar-refractivity contribution in [3.05, 3.63) is 69.9 Å². The van der Waals surface area contributed by atoms with Crippen LogP contribution in [0.4, 0.5) is 0 Å². The Morgan fingerprint density at radius 1 is 1.25 bits per heavy atom. The number of carbonyl (C=O) groups is 2. The summed E-state index contributed by atoms with van der Waals surface area (Å²) in [6.45, 7) is 2.75. The summed E-state index contributed by atoms with van der Waals surface area (Å²) in [5.41, 5.74) is 1.28. The second-order valence-corrected chi connectivity index (χ2v) is 9.60. The normalized spacial score (nSPS) is 18.3. The van der Waals surface area contributed by atoms with Gasteiger partial charge in [-0.2, -0.15) is 0 Å². The molecule has 1 amide bonds. The zero-order valence-corrected chi connectivity index (χ0v) is 19.7. The van der Waals surface area contributed by atoms with Gasteiger partial charge in [0.1, 0.15) is 4.88 Å². The van der Waals surface area contributed by atoms with Gasteiger partial charge in [0.25, 0.3) is 0 Å². The molecule has 0 aliphatic carbocycles. The summed E-state index contributed by atoms with van der Waals surface area (Å²) >= 11 is 1.44. The maximum Gasteiger partial charge on any atom is 0.348 e. The summed E-state index contributed by atoms with van der Waals surface area (Å²) in [5, 5.41) is 10.6. The van der Waals surface area contributed by atoms with Crippen LogP contribution in [0.15, 0.2) is 54.6 Å². The van der Waals surface area contributed by atoms with Crippen LogP contribution in [0.1, 0.15) is 52.7 Å². The van der Waals surface area contributed by atoms with E-state index in [0.717, 1.165) is 37.0 Å². The second kappa shape index (κ2) is 12.0. The molecule has 6 heteroatoms. The quantitative estimate of drug-likeness (QED) is 0.396. The van der Waals surface area contributed by atoms with Crippen LogP contribution in [0.25, 0.3) is 0 Å². The van der Waals surface area contributed by atoms with Gasteiger partial charge in [-0.1, -0.05) is 49.4 Å². The van der Waals surface area contributed by atoms with Gasteiger partial charge >= 0.3 is 5.97 Å². The van der Waals surface area contributed by atoms with Crippen molar-refractivity contribution in [2.75, 3.05) is 13.7 Å². The molecule has 1 aliphatic rings. The van der Waals surface area contributed by atoms with Gasteiger partial charge < -0.3 is 14.7 Å². The van der Waals surface area contributed by atoms with Crippen LogP contribution in [0.3, 0.4) is 0 Å². The van der Waals surface area contributed by atoms with Gasteiger partial charge in [-0.3, -0.25) is 4.79 Å². The lowest BCUT2D eigenvalue weighted by Gasteiger charge is -2.23. The monoisotopic (exact) mass is 455 g/mol. The minimum absolute atomic E-state index is 0.0486. The zero-order valence-electron chi connectivity index (χ0n) is 18.9. The average Bonchev–Trinajstić information content (AvgIpc) is 3.43. The number of aliphatic hydroxyl groups excluding tert-OH is 1. The highest BCUT2D eigenvalue weighted by molar-refractivity contribution is 7.13. The molecule has 1 aromatic heterocycles. The van der Waals surface area contributed by atoms with Crippen molar-refractivity contribution >= 4 is 23.2 Å². The molecule has 32 heavy (non-hydrogen) atoms. The number of thiophene rings is 1. The molecule has 3 rings (SSSR count). The number of aryl methyl sites for hydroxylation is 2. The van der Waals surface area contributed by atoms with E-state index in [4.69, 9.17) is 4.74 Å². The van der Waals surface area contributed by atoms with Crippen LogP contribution < -0.4 is 0 Å². The number of nitrogens with zero attached hydrogens (tertiary/aromatic N) is 1. The van der Waals surface area contributed by atoms with Crippen molar-refractivity contribution in [1.82, 2.24) is 4.90 Å². The van der Waals surface area contributed by atoms with Crippen molar-refractivity contribution in [2.45, 2.75) is 57.6 Å². The second-order valence-electron chi connectivity index (χ2n) is 8.43. The fourth-order valence-corrected chi connectivity index (χ4v) is 5.00. The van der Waals surface area contributed by atoms with Gasteiger partial charge in [-0.05, 0) is 55.7 Å². The fraction of sp³-hybridized carbons (Fsp3) is 0.462. The number of aliphatic hydroxyl groups is 1. The molecule has 172 valence electrons. The first-order chi connectivity index (χ1) is 15.5. The van der Waals surface area contributed by atoms with E-state index < -0.39 is 6.10 Å². The largest absolute Gasteiger partial charge is 0.465 e. The van der Waals surface area contributed by atoms with E-state index in [1.807, 2.05) is 41.3 Å². The van der Waals surface area contributed by atoms with Gasteiger partial charge in [-0.15, -0.1) is 11.3 Å². The molecule has 1 N–H and O–H groups in total. The molecular weight excluding hydrogens is 422 g/mol. The van der Waals surface area contributed by atoms with Gasteiger partial charge in [0.2, 0.25) is 5.91 Å². The summed E-state index contributed by atoms with van der Waals surface area (Å²) < 4.78 is 4.75. The molecular formula is C26H33NO4S. The molecule has 1 aromatic carbocycles. The highest BCUT2D eigenvalue weighted by atomic mass is 32.1. The van der Waals surface area contributed by atoms with E-state index in [-0.39, 0.29) is 23.8 Å². The minimum Gasteiger partial charge on any atom is -0.465 e. The summed E-state index contributed by atoms with van der Waals surface area (Å²) in [7, 11) is 1.38. The van der Waals surface area contributed by atoms with E-state index in [1.165, 1.54) is 24.0 Å². The molecule has 5 nitrogen and oxygen atoms in total. The van der Waals surface area contributed by atoms with Gasteiger partial charge in [0.05, 0.1) is 19.3 Å². The Balaban J connectivity index is 1.46. The summed E-state index contributed by atoms with van der Waals surface area (Å²) in [6, 6.07) is 14.1. The topological polar surface area (TPSA) is 66.8 Å². The molecule has 2 heterocycles. The predicted octanol–water partition coefficient (Wildman–Crippen LogP) is 4.64. The highest BCUT2D eigenvalue weighted by Gasteiger charge is 2.28. The minimum atomic E-state index is -0.515. The SMILES string of the molecule is COC(=O)c1ccc(CCCN2C(=O)CC[C@@H]2C=C[C@H](O)[C@@H](C)CCc2ccccc2)s1. The molecule has 1 aliphatic heterocycles. The van der Waals surface area contributed by atoms with Crippen LogP contribution >= 0.6 is 11.3 Å². The molecule has 0 spiro atoms. The Kier molecular flexibility index (Phi) is 9.06. The van der Waals surface area contributed by atoms with Gasteiger partial charge in [0.15, 0.2) is 0 Å². The number of methoxy groups -OCH3 is 1. The Hall–Kier alpha value is -2.44. The molecule has 1 fully saturated rings. The Morgan fingerprint density at radius 3 is 2.78 bits per heavy atom. The van der Waals surface area contributed by atoms with Gasteiger partial charge in [0, 0.05) is 17.8 Å². The third-order valence-electron chi connectivity index (χ3n) is 6.09. The first-order valence-corrected chi connectivity index (χ1v) is 12.2. The molecule has 1 saturated heterocycles. The van der Waals surface area contributed by atoms with Gasteiger partial charge in [-0.25, -0.2) is 4.79 Å². The van der Waals surface area contributed by atoms with E-state index in [1.54, 1.807) is 6.07 Å². The van der Waals surface area contributed by atoms with Crippen LogP contribution in [-0.2, 0) is 22.4 Å². The number of esters is 1. The number of rotatable bonds is 11. The van der Waals surface area contributed by atoms with Crippen molar-refractivity contribution in [3.63, 3.8) is 0 Å². The summed E-state index contributed by atoms with van der Waals surface area (Å²) in [5.74, 6) is 0.0188. The predicted molar refractivity (Wildman–Crippen MR) is 128 cm³/mol. The van der Waals surface area contributed by atoms with E-state index in [2.05, 4.69) is 19.1 Å². The molecule has 3 atom stereocenters. The lowest BCUT2D eigenvalue weighted by atomic mass is 9.95. The van der Waals surface area contributed by atoms with Crippen LogP contribution in [-0.4, -0.2) is 47.7 Å². The van der Waals surface area contributed by atoms with Crippen molar-refractivity contribution < 1.29 is 19.4 Å². The van der Waals surface area contributed by atoms with Crippen LogP contribution in [0.5, 0.6) is 0 Å². The standard InChI is InChI=1S/C26H33NO4S/c1-19(10-11-20-7-4-3-5-8-20)23(28)15-12-21-13-17-25(29)27(21)18-6-9-22-14-16-24(32-22)26(30)31-2/h3-5,7-8,12,14-16,19,21,23,28H,6,9-11,13,17-18H2,1-2H3/t19-,21-,23-/m0/s1. The highest BCUT2D eigenvalue weighted by Crippen LogP contribution is 2.23. The number of ether oxygens (including phenoxy) is 1. The van der Waals surface area contributed by atoms with E-state index in [0.29, 0.717) is 17.8 Å². The molecule has 2 aromatic rings. The van der Waals surface area contributed by atoms with E-state index >= 15 is 0 Å². The van der Waals surface area contributed by atoms with Crippen molar-refractivity contribution in [2.24, 2.45) is 5.92 Å². The molecule has 0 saturated carbocycles. The Bertz CT molecular complexity index is 908. The number of amides is 1. The summed E-state index contributed by atoms with van der Waals surface area (Å²) in [6.07, 6.45) is 8.24. The number of hydrogen-bond donors (Lipinski definition) is 1. The number of benzene rings is 1. The Morgan fingerprint density at radius 2 is 2.03 bits per heavy atom. The zero-order chi connectivity index (χ0) is 22.9. The summed E-state index contributed by atoms with van der Waals surface area (Å²) in [4.78, 5) is 27.6. The first-order valence-electron chi connectivity index (χ1n) is 11.3.